The van der Waals surface area contributed by atoms with Crippen molar-refractivity contribution in [1.82, 2.24) is 9.78 Å². The predicted molar refractivity (Wildman–Crippen MR) is 101 cm³/mol. The molecule has 0 fully saturated rings. The third kappa shape index (κ3) is 3.19. The highest BCUT2D eigenvalue weighted by atomic mass is 16.6. The maximum atomic E-state index is 12.7. The van der Waals surface area contributed by atoms with Crippen LogP contribution < -0.4 is 5.56 Å². The van der Waals surface area contributed by atoms with Gasteiger partial charge in [0, 0.05) is 18.0 Å². The number of H-pyrrole nitrogens is 1. The van der Waals surface area contributed by atoms with Crippen LogP contribution in [0.15, 0.2) is 52.3 Å². The van der Waals surface area contributed by atoms with Gasteiger partial charge in [-0.3, -0.25) is 20.0 Å². The molecule has 0 aliphatic rings. The minimum Gasteiger partial charge on any atom is -0.295 e. The first-order chi connectivity index (χ1) is 12.4. The van der Waals surface area contributed by atoms with Gasteiger partial charge in [0.05, 0.1) is 16.2 Å². The third-order valence-corrected chi connectivity index (χ3v) is 4.28. The van der Waals surface area contributed by atoms with Crippen molar-refractivity contribution < 1.29 is 4.92 Å². The average molecular weight is 350 g/mol. The molecule has 7 nitrogen and oxygen atoms in total. The lowest BCUT2D eigenvalue weighted by molar-refractivity contribution is -0.384. The summed E-state index contributed by atoms with van der Waals surface area (Å²) in [4.78, 5) is 27.5. The second-order valence-electron chi connectivity index (χ2n) is 6.06. The average Bonchev–Trinajstić information content (AvgIpc) is 2.90. The van der Waals surface area contributed by atoms with Crippen LogP contribution in [0.25, 0.3) is 5.69 Å². The minimum atomic E-state index is -0.496. The summed E-state index contributed by atoms with van der Waals surface area (Å²) < 4.78 is 1.45. The number of benzene rings is 2. The number of aromatic amines is 1. The highest BCUT2D eigenvalue weighted by Crippen LogP contribution is 2.26. The second kappa shape index (κ2) is 6.79. The predicted octanol–water partition coefficient (Wildman–Crippen LogP) is 3.75. The van der Waals surface area contributed by atoms with Crippen molar-refractivity contribution in [1.29, 1.82) is 0 Å². The molecule has 0 radical (unpaired) electrons. The van der Waals surface area contributed by atoms with E-state index < -0.39 is 4.92 Å². The van der Waals surface area contributed by atoms with Crippen LogP contribution in [0.4, 0.5) is 11.4 Å². The summed E-state index contributed by atoms with van der Waals surface area (Å²) in [5, 5.41) is 14.1. The monoisotopic (exact) mass is 350 g/mol. The van der Waals surface area contributed by atoms with Crippen molar-refractivity contribution in [2.24, 2.45) is 4.99 Å². The van der Waals surface area contributed by atoms with E-state index in [0.29, 0.717) is 11.3 Å². The van der Waals surface area contributed by atoms with Crippen LogP contribution in [0, 0.1) is 30.9 Å². The smallest absolute Gasteiger partial charge is 0.294 e. The zero-order valence-corrected chi connectivity index (χ0v) is 14.7. The van der Waals surface area contributed by atoms with Crippen molar-refractivity contribution >= 4 is 17.6 Å². The van der Waals surface area contributed by atoms with E-state index in [0.717, 1.165) is 16.8 Å². The molecule has 0 saturated heterocycles. The van der Waals surface area contributed by atoms with Gasteiger partial charge in [-0.1, -0.05) is 18.2 Å². The molecule has 3 rings (SSSR count). The number of nitro benzene ring substituents is 1. The molecule has 0 aliphatic heterocycles. The summed E-state index contributed by atoms with van der Waals surface area (Å²) >= 11 is 0. The molecule has 132 valence electrons. The van der Waals surface area contributed by atoms with Crippen molar-refractivity contribution in [2.75, 3.05) is 0 Å². The van der Waals surface area contributed by atoms with E-state index >= 15 is 0 Å². The number of aromatic nitrogens is 2. The van der Waals surface area contributed by atoms with Crippen LogP contribution in [0.2, 0.25) is 0 Å². The van der Waals surface area contributed by atoms with Crippen LogP contribution in [0.5, 0.6) is 0 Å². The molecule has 2 aromatic carbocycles. The molecule has 1 heterocycles. The van der Waals surface area contributed by atoms with Crippen LogP contribution in [0.1, 0.15) is 22.4 Å². The minimum absolute atomic E-state index is 0.105. The zero-order valence-electron chi connectivity index (χ0n) is 14.7. The van der Waals surface area contributed by atoms with Crippen LogP contribution in [-0.2, 0) is 0 Å². The summed E-state index contributed by atoms with van der Waals surface area (Å²) in [6, 6.07) is 11.9. The first kappa shape index (κ1) is 17.3. The number of nitro groups is 1. The van der Waals surface area contributed by atoms with Crippen molar-refractivity contribution in [3.05, 3.63) is 85.3 Å². The van der Waals surface area contributed by atoms with Gasteiger partial charge in [0.15, 0.2) is 0 Å². The largest absolute Gasteiger partial charge is 0.295 e. The van der Waals surface area contributed by atoms with E-state index in [4.69, 9.17) is 0 Å². The highest BCUT2D eigenvalue weighted by Gasteiger charge is 2.14. The first-order valence-electron chi connectivity index (χ1n) is 8.05. The Labute approximate surface area is 149 Å². The Morgan fingerprint density at radius 1 is 1.12 bits per heavy atom. The SMILES string of the molecule is Cc1ccc(-n2[nH]c(C)c(C=Nc3ccccc3[N+](=O)[O-])c2=O)cc1C. The molecule has 1 aromatic heterocycles. The van der Waals surface area contributed by atoms with Gasteiger partial charge in [0.25, 0.3) is 11.2 Å². The van der Waals surface area contributed by atoms with Gasteiger partial charge in [-0.2, -0.15) is 0 Å². The number of nitrogens with one attached hydrogen (secondary N) is 1. The molecule has 0 aliphatic carbocycles. The van der Waals surface area contributed by atoms with Gasteiger partial charge >= 0.3 is 0 Å². The molecule has 26 heavy (non-hydrogen) atoms. The fourth-order valence-corrected chi connectivity index (χ4v) is 2.62. The molecule has 0 bridgehead atoms. The lowest BCUT2D eigenvalue weighted by atomic mass is 10.1. The van der Waals surface area contributed by atoms with Crippen molar-refractivity contribution in [3.63, 3.8) is 0 Å². The molecule has 1 N–H and O–H groups in total. The number of aliphatic imine (C=N–C) groups is 1. The Bertz CT molecular complexity index is 1080. The lowest BCUT2D eigenvalue weighted by Gasteiger charge is -2.05. The molecular formula is C19H18N4O3. The van der Waals surface area contributed by atoms with E-state index in [9.17, 15) is 14.9 Å². The Morgan fingerprint density at radius 3 is 2.54 bits per heavy atom. The van der Waals surface area contributed by atoms with E-state index in [1.807, 2.05) is 32.0 Å². The number of para-hydroxylation sites is 2. The van der Waals surface area contributed by atoms with Gasteiger partial charge in [0.2, 0.25) is 0 Å². The fourth-order valence-electron chi connectivity index (χ4n) is 2.62. The Balaban J connectivity index is 2.03. The Kier molecular flexibility index (Phi) is 4.53. The van der Waals surface area contributed by atoms with Gasteiger partial charge in [0.1, 0.15) is 5.69 Å². The maximum absolute atomic E-state index is 12.7. The van der Waals surface area contributed by atoms with Gasteiger partial charge in [-0.05, 0) is 50.1 Å². The summed E-state index contributed by atoms with van der Waals surface area (Å²) in [7, 11) is 0. The van der Waals surface area contributed by atoms with Crippen molar-refractivity contribution in [2.45, 2.75) is 20.8 Å². The number of hydrogen-bond donors (Lipinski definition) is 1. The molecule has 3 aromatic rings. The fraction of sp³-hybridized carbons (Fsp3) is 0.158. The maximum Gasteiger partial charge on any atom is 0.294 e. The number of aryl methyl sites for hydroxylation is 3. The third-order valence-electron chi connectivity index (χ3n) is 4.28. The van der Waals surface area contributed by atoms with Crippen LogP contribution in [-0.4, -0.2) is 20.9 Å². The number of hydrogen-bond acceptors (Lipinski definition) is 4. The van der Waals surface area contributed by atoms with E-state index in [2.05, 4.69) is 10.1 Å². The standard InChI is InChI=1S/C19H18N4O3/c1-12-8-9-15(10-13(12)2)22-19(24)16(14(3)21-22)11-20-17-6-4-5-7-18(17)23(25)26/h4-11,21H,1-3H3. The summed E-state index contributed by atoms with van der Waals surface area (Å²) in [5.41, 5.74) is 3.79. The van der Waals surface area contributed by atoms with Gasteiger partial charge in [-0.25, -0.2) is 9.67 Å². The summed E-state index contributed by atoms with van der Waals surface area (Å²) in [5.74, 6) is 0. The van der Waals surface area contributed by atoms with Crippen LogP contribution >= 0.6 is 0 Å². The summed E-state index contributed by atoms with van der Waals surface area (Å²) in [6.45, 7) is 5.75. The van der Waals surface area contributed by atoms with E-state index in [1.165, 1.54) is 17.0 Å². The van der Waals surface area contributed by atoms with Gasteiger partial charge < -0.3 is 0 Å². The quantitative estimate of drug-likeness (QED) is 0.441. The lowest BCUT2D eigenvalue weighted by Crippen LogP contribution is -2.17. The van der Waals surface area contributed by atoms with Gasteiger partial charge in [-0.15, -0.1) is 0 Å². The Hall–Kier alpha value is -3.48. The van der Waals surface area contributed by atoms with Crippen molar-refractivity contribution in [3.8, 4) is 5.69 Å². The van der Waals surface area contributed by atoms with Crippen LogP contribution in [0.3, 0.4) is 0 Å². The molecule has 0 atom stereocenters. The molecule has 7 heteroatoms. The number of rotatable bonds is 4. The molecule has 0 saturated carbocycles. The van der Waals surface area contributed by atoms with E-state index in [1.54, 1.807) is 25.1 Å². The molecule has 0 amide bonds. The Morgan fingerprint density at radius 2 is 1.85 bits per heavy atom. The number of nitrogens with zero attached hydrogens (tertiary/aromatic N) is 3. The molecule has 0 unspecified atom stereocenters. The second-order valence-corrected chi connectivity index (χ2v) is 6.06. The highest BCUT2D eigenvalue weighted by molar-refractivity contribution is 5.84. The first-order valence-corrected chi connectivity index (χ1v) is 8.05. The molecule has 0 spiro atoms. The molecular weight excluding hydrogens is 332 g/mol. The normalized spacial score (nSPS) is 11.2. The van der Waals surface area contributed by atoms with E-state index in [-0.39, 0.29) is 16.9 Å². The topological polar surface area (TPSA) is 93.3 Å². The zero-order chi connectivity index (χ0) is 18.8. The summed E-state index contributed by atoms with van der Waals surface area (Å²) in [6.07, 6.45) is 1.37.